The van der Waals surface area contributed by atoms with E-state index in [0.29, 0.717) is 11.5 Å². The maximum Gasteiger partial charge on any atom is 0.232 e. The first-order valence-corrected chi connectivity index (χ1v) is 14.1. The summed E-state index contributed by atoms with van der Waals surface area (Å²) in [7, 11) is 0. The molecule has 2 N–H and O–H groups in total. The highest BCUT2D eigenvalue weighted by atomic mass is 16.2. The molecule has 1 amide bonds. The zero-order chi connectivity index (χ0) is 27.2. The minimum atomic E-state index is -0.311. The lowest BCUT2D eigenvalue weighted by Gasteiger charge is -2.21. The number of benzene rings is 2. The van der Waals surface area contributed by atoms with Gasteiger partial charge in [-0.15, -0.1) is 0 Å². The van der Waals surface area contributed by atoms with E-state index in [1.807, 2.05) is 47.9 Å². The lowest BCUT2D eigenvalue weighted by atomic mass is 10.0. The number of nitrogens with zero attached hydrogens (tertiary/aromatic N) is 5. The van der Waals surface area contributed by atoms with E-state index < -0.39 is 0 Å². The third kappa shape index (κ3) is 6.06. The van der Waals surface area contributed by atoms with Crippen molar-refractivity contribution in [2.45, 2.75) is 39.5 Å². The average Bonchev–Trinajstić information content (AvgIpc) is 3.62. The number of amides is 1. The fourth-order valence-electron chi connectivity index (χ4n) is 5.25. The minimum Gasteiger partial charge on any atom is -0.372 e. The van der Waals surface area contributed by atoms with E-state index >= 15 is 0 Å². The van der Waals surface area contributed by atoms with Gasteiger partial charge in [-0.2, -0.15) is 0 Å². The van der Waals surface area contributed by atoms with Gasteiger partial charge in [-0.3, -0.25) is 9.20 Å². The Labute approximate surface area is 231 Å². The molecule has 39 heavy (non-hydrogen) atoms. The Hall–Kier alpha value is -3.91. The van der Waals surface area contributed by atoms with Crippen molar-refractivity contribution >= 4 is 28.9 Å². The van der Waals surface area contributed by atoms with E-state index in [4.69, 9.17) is 4.98 Å². The summed E-state index contributed by atoms with van der Waals surface area (Å²) >= 11 is 0. The largest absolute Gasteiger partial charge is 0.372 e. The average molecular weight is 526 g/mol. The fourth-order valence-corrected chi connectivity index (χ4v) is 5.25. The maximum atomic E-state index is 13.5. The minimum absolute atomic E-state index is 0.0793. The van der Waals surface area contributed by atoms with E-state index in [2.05, 4.69) is 63.5 Å². The zero-order valence-corrected chi connectivity index (χ0v) is 23.2. The molecule has 1 saturated heterocycles. The highest BCUT2D eigenvalue weighted by Gasteiger charge is 2.22. The molecule has 204 valence electrons. The number of likely N-dealkylation sites (tertiary alicyclic amines) is 1. The monoisotopic (exact) mass is 525 g/mol. The first-order chi connectivity index (χ1) is 19.1. The Morgan fingerprint density at radius 1 is 1.03 bits per heavy atom. The third-order valence-corrected chi connectivity index (χ3v) is 7.65. The molecule has 3 heterocycles. The number of hydrogen-bond donors (Lipinski definition) is 2. The predicted molar refractivity (Wildman–Crippen MR) is 160 cm³/mol. The van der Waals surface area contributed by atoms with Crippen LogP contribution >= 0.6 is 0 Å². The SMILES string of the molecule is CCN(CC)c1ccc(-c2nc3cnc(NCCN4CCCC4)cn3c2NC(=O)C(C)c2ccccc2)cc1. The normalized spacial score (nSPS) is 14.4. The highest BCUT2D eigenvalue weighted by molar-refractivity contribution is 5.98. The lowest BCUT2D eigenvalue weighted by molar-refractivity contribution is -0.117. The standard InChI is InChI=1S/C31H39N7O/c1-4-37(5-2)26-15-13-25(14-16-26)29-30(35-31(39)23(3)24-11-7-6-8-12-24)38-22-27(33-21-28(38)34-29)32-17-20-36-18-9-10-19-36/h6-8,11-16,21-23,32H,4-5,9-10,17-20H2,1-3H3,(H,35,39). The molecule has 1 aliphatic rings. The summed E-state index contributed by atoms with van der Waals surface area (Å²) < 4.78 is 1.94. The molecule has 2 aromatic carbocycles. The van der Waals surface area contributed by atoms with Crippen molar-refractivity contribution in [3.8, 4) is 11.3 Å². The fraction of sp³-hybridized carbons (Fsp3) is 0.387. The van der Waals surface area contributed by atoms with Gasteiger partial charge in [0.05, 0.1) is 18.3 Å². The molecule has 0 spiro atoms. The van der Waals surface area contributed by atoms with Crippen molar-refractivity contribution < 1.29 is 4.79 Å². The topological polar surface area (TPSA) is 77.8 Å². The van der Waals surface area contributed by atoms with Crippen LogP contribution in [0.25, 0.3) is 16.9 Å². The van der Waals surface area contributed by atoms with Gasteiger partial charge in [0.25, 0.3) is 0 Å². The highest BCUT2D eigenvalue weighted by Crippen LogP contribution is 2.32. The molecule has 0 aliphatic carbocycles. The number of aromatic nitrogens is 3. The Balaban J connectivity index is 1.46. The molecule has 0 radical (unpaired) electrons. The van der Waals surface area contributed by atoms with E-state index in [9.17, 15) is 4.79 Å². The third-order valence-electron chi connectivity index (χ3n) is 7.65. The number of nitrogens with one attached hydrogen (secondary N) is 2. The summed E-state index contributed by atoms with van der Waals surface area (Å²) in [5.41, 5.74) is 4.50. The number of fused-ring (bicyclic) bond motifs is 1. The van der Waals surface area contributed by atoms with E-state index in [0.717, 1.165) is 48.8 Å². The van der Waals surface area contributed by atoms with Crippen LogP contribution < -0.4 is 15.5 Å². The van der Waals surface area contributed by atoms with Gasteiger partial charge in [-0.1, -0.05) is 42.5 Å². The van der Waals surface area contributed by atoms with Crippen LogP contribution in [0.3, 0.4) is 0 Å². The number of carbonyl (C=O) groups excluding carboxylic acids is 1. The van der Waals surface area contributed by atoms with Crippen LogP contribution in [0.1, 0.15) is 45.1 Å². The van der Waals surface area contributed by atoms with Crippen molar-refractivity contribution in [2.75, 3.05) is 54.8 Å². The number of anilines is 3. The lowest BCUT2D eigenvalue weighted by Crippen LogP contribution is -2.26. The van der Waals surface area contributed by atoms with Crippen LogP contribution in [0, 0.1) is 0 Å². The van der Waals surface area contributed by atoms with Gasteiger partial charge in [0.15, 0.2) is 5.65 Å². The predicted octanol–water partition coefficient (Wildman–Crippen LogP) is 5.49. The van der Waals surface area contributed by atoms with Gasteiger partial charge in [0.1, 0.15) is 17.3 Å². The van der Waals surface area contributed by atoms with Crippen LogP contribution in [0.4, 0.5) is 17.3 Å². The summed E-state index contributed by atoms with van der Waals surface area (Å²) in [6.45, 7) is 12.3. The summed E-state index contributed by atoms with van der Waals surface area (Å²) in [4.78, 5) is 27.8. The second kappa shape index (κ2) is 12.3. The number of hydrogen-bond acceptors (Lipinski definition) is 6. The molecule has 1 unspecified atom stereocenters. The van der Waals surface area contributed by atoms with Gasteiger partial charge < -0.3 is 20.4 Å². The Morgan fingerprint density at radius 2 is 1.74 bits per heavy atom. The van der Waals surface area contributed by atoms with E-state index in [-0.39, 0.29) is 11.8 Å². The Kier molecular flexibility index (Phi) is 8.42. The van der Waals surface area contributed by atoms with Crippen LogP contribution in [0.5, 0.6) is 0 Å². The second-order valence-corrected chi connectivity index (χ2v) is 10.1. The maximum absolute atomic E-state index is 13.5. The molecule has 2 aromatic heterocycles. The van der Waals surface area contributed by atoms with Crippen LogP contribution in [0.15, 0.2) is 67.0 Å². The molecule has 8 heteroatoms. The summed E-state index contributed by atoms with van der Waals surface area (Å²) in [5.74, 6) is 1.02. The summed E-state index contributed by atoms with van der Waals surface area (Å²) in [6.07, 6.45) is 6.26. The molecule has 0 saturated carbocycles. The first kappa shape index (κ1) is 26.7. The second-order valence-electron chi connectivity index (χ2n) is 10.1. The van der Waals surface area contributed by atoms with Gasteiger partial charge >= 0.3 is 0 Å². The smallest absolute Gasteiger partial charge is 0.232 e. The molecule has 1 atom stereocenters. The number of rotatable bonds is 11. The number of imidazole rings is 1. The summed E-state index contributed by atoms with van der Waals surface area (Å²) in [6, 6.07) is 18.2. The zero-order valence-electron chi connectivity index (χ0n) is 23.2. The van der Waals surface area contributed by atoms with Crippen LogP contribution in [-0.2, 0) is 4.79 Å². The van der Waals surface area contributed by atoms with E-state index in [1.165, 1.54) is 31.6 Å². The van der Waals surface area contributed by atoms with Gasteiger partial charge in [0, 0.05) is 37.4 Å². The quantitative estimate of drug-likeness (QED) is 0.270. The summed E-state index contributed by atoms with van der Waals surface area (Å²) in [5, 5.41) is 6.66. The molecular formula is C31H39N7O. The molecule has 0 bridgehead atoms. The van der Waals surface area contributed by atoms with E-state index in [1.54, 1.807) is 6.20 Å². The van der Waals surface area contributed by atoms with Crippen molar-refractivity contribution in [3.63, 3.8) is 0 Å². The molecular weight excluding hydrogens is 486 g/mol. The molecule has 8 nitrogen and oxygen atoms in total. The van der Waals surface area contributed by atoms with Gasteiger partial charge in [-0.25, -0.2) is 9.97 Å². The molecule has 1 fully saturated rings. The van der Waals surface area contributed by atoms with Crippen molar-refractivity contribution in [1.82, 2.24) is 19.3 Å². The first-order valence-electron chi connectivity index (χ1n) is 14.1. The molecule has 5 rings (SSSR count). The van der Waals surface area contributed by atoms with Gasteiger partial charge in [-0.05, 0) is 64.4 Å². The van der Waals surface area contributed by atoms with Crippen molar-refractivity contribution in [3.05, 3.63) is 72.6 Å². The Morgan fingerprint density at radius 3 is 2.44 bits per heavy atom. The van der Waals surface area contributed by atoms with Crippen LogP contribution in [-0.4, -0.2) is 64.4 Å². The molecule has 1 aliphatic heterocycles. The number of carbonyl (C=O) groups is 1. The Bertz CT molecular complexity index is 1370. The van der Waals surface area contributed by atoms with Crippen molar-refractivity contribution in [1.29, 1.82) is 0 Å². The van der Waals surface area contributed by atoms with Gasteiger partial charge in [0.2, 0.25) is 5.91 Å². The van der Waals surface area contributed by atoms with Crippen molar-refractivity contribution in [2.24, 2.45) is 0 Å². The molecule has 4 aromatic rings. The van der Waals surface area contributed by atoms with Crippen LogP contribution in [0.2, 0.25) is 0 Å².